The Bertz CT molecular complexity index is 1740. The molecule has 2 aromatic carbocycles. The molecule has 1 saturated carbocycles. The number of hydrogen-bond donors (Lipinski definition) is 0. The van der Waals surface area contributed by atoms with Crippen LogP contribution in [0.4, 0.5) is 23.4 Å². The maximum absolute atomic E-state index is 16.6. The van der Waals surface area contributed by atoms with Gasteiger partial charge < -0.3 is 9.64 Å². The third-order valence-corrected chi connectivity index (χ3v) is 8.27. The van der Waals surface area contributed by atoms with Crippen LogP contribution in [0.1, 0.15) is 57.1 Å². The predicted octanol–water partition coefficient (Wildman–Crippen LogP) is 7.61. The first-order valence-corrected chi connectivity index (χ1v) is 13.9. The SMILES string of the molecule is CC#Cc1c(F)ccc2cc(C)cc(-c3ncc4c(N5CCCC(F)(F)C5)nc(OCC5(CC)CC5)nc4c3F)c12. The van der Waals surface area contributed by atoms with E-state index in [1.54, 1.807) is 19.1 Å². The molecule has 0 spiro atoms. The highest BCUT2D eigenvalue weighted by molar-refractivity contribution is 6.02. The van der Waals surface area contributed by atoms with Crippen molar-refractivity contribution < 1.29 is 22.3 Å². The van der Waals surface area contributed by atoms with Gasteiger partial charge in [0.1, 0.15) is 22.8 Å². The van der Waals surface area contributed by atoms with E-state index in [1.165, 1.54) is 17.2 Å². The summed E-state index contributed by atoms with van der Waals surface area (Å²) in [5.41, 5.74) is 1.26. The second-order valence-corrected chi connectivity index (χ2v) is 11.2. The van der Waals surface area contributed by atoms with Gasteiger partial charge in [-0.2, -0.15) is 9.97 Å². The monoisotopic (exact) mass is 562 g/mol. The summed E-state index contributed by atoms with van der Waals surface area (Å²) in [5, 5.41) is 1.35. The van der Waals surface area contributed by atoms with Crippen LogP contribution in [-0.4, -0.2) is 40.6 Å². The van der Waals surface area contributed by atoms with Gasteiger partial charge in [0.05, 0.1) is 24.1 Å². The quantitative estimate of drug-likeness (QED) is 0.179. The van der Waals surface area contributed by atoms with Gasteiger partial charge in [-0.05, 0) is 62.6 Å². The Hall–Kier alpha value is -3.93. The molecule has 0 bridgehead atoms. The van der Waals surface area contributed by atoms with Gasteiger partial charge in [-0.3, -0.25) is 4.98 Å². The molecule has 0 unspecified atom stereocenters. The van der Waals surface area contributed by atoms with Crippen LogP contribution in [0, 0.1) is 35.8 Å². The summed E-state index contributed by atoms with van der Waals surface area (Å²) in [6.45, 7) is 5.72. The second kappa shape index (κ2) is 10.2. The van der Waals surface area contributed by atoms with Gasteiger partial charge in [0.25, 0.3) is 5.92 Å². The molecule has 1 aliphatic heterocycles. The average Bonchev–Trinajstić information content (AvgIpc) is 3.73. The number of alkyl halides is 2. The van der Waals surface area contributed by atoms with E-state index in [-0.39, 0.29) is 52.2 Å². The summed E-state index contributed by atoms with van der Waals surface area (Å²) >= 11 is 0. The zero-order valence-corrected chi connectivity index (χ0v) is 23.3. The summed E-state index contributed by atoms with van der Waals surface area (Å²) < 4.78 is 66.3. The number of piperidine rings is 1. The first-order valence-electron chi connectivity index (χ1n) is 13.9. The third-order valence-electron chi connectivity index (χ3n) is 8.27. The Morgan fingerprint density at radius 1 is 1.10 bits per heavy atom. The maximum Gasteiger partial charge on any atom is 0.319 e. The molecule has 2 aliphatic rings. The minimum absolute atomic E-state index is 0.0391. The number of pyridine rings is 1. The molecule has 1 aliphatic carbocycles. The third kappa shape index (κ3) is 5.05. The van der Waals surface area contributed by atoms with Crippen LogP contribution in [0.25, 0.3) is 32.9 Å². The van der Waals surface area contributed by atoms with E-state index < -0.39 is 24.1 Å². The van der Waals surface area contributed by atoms with Crippen LogP contribution in [0.2, 0.25) is 0 Å². The normalized spacial score (nSPS) is 17.4. The van der Waals surface area contributed by atoms with Crippen LogP contribution < -0.4 is 9.64 Å². The average molecular weight is 563 g/mol. The van der Waals surface area contributed by atoms with Crippen LogP contribution in [-0.2, 0) is 0 Å². The number of halogens is 4. The molecule has 2 fully saturated rings. The Labute approximate surface area is 236 Å². The fourth-order valence-corrected chi connectivity index (χ4v) is 5.68. The molecular formula is C32H30F4N4O. The molecule has 0 radical (unpaired) electrons. The largest absolute Gasteiger partial charge is 0.463 e. The van der Waals surface area contributed by atoms with Crippen molar-refractivity contribution in [3.8, 4) is 29.1 Å². The lowest BCUT2D eigenvalue weighted by Gasteiger charge is -2.33. The van der Waals surface area contributed by atoms with E-state index in [9.17, 15) is 13.2 Å². The minimum Gasteiger partial charge on any atom is -0.463 e. The maximum atomic E-state index is 16.6. The molecule has 5 nitrogen and oxygen atoms in total. The fourth-order valence-electron chi connectivity index (χ4n) is 5.68. The number of anilines is 1. The summed E-state index contributed by atoms with van der Waals surface area (Å²) in [6, 6.07) is 6.53. The lowest BCUT2D eigenvalue weighted by Crippen LogP contribution is -2.43. The topological polar surface area (TPSA) is 51.1 Å². The predicted molar refractivity (Wildman–Crippen MR) is 151 cm³/mol. The molecule has 9 heteroatoms. The highest BCUT2D eigenvalue weighted by Gasteiger charge is 2.42. The van der Waals surface area contributed by atoms with Crippen molar-refractivity contribution in [2.24, 2.45) is 5.41 Å². The Morgan fingerprint density at radius 2 is 1.90 bits per heavy atom. The van der Waals surface area contributed by atoms with E-state index in [0.717, 1.165) is 24.8 Å². The molecule has 0 N–H and O–H groups in total. The molecule has 0 atom stereocenters. The summed E-state index contributed by atoms with van der Waals surface area (Å²) in [6.07, 6.45) is 4.42. The smallest absolute Gasteiger partial charge is 0.319 e. The Balaban J connectivity index is 1.56. The first-order chi connectivity index (χ1) is 19.6. The van der Waals surface area contributed by atoms with E-state index in [2.05, 4.69) is 33.7 Å². The van der Waals surface area contributed by atoms with E-state index in [4.69, 9.17) is 4.74 Å². The van der Waals surface area contributed by atoms with Gasteiger partial charge in [-0.1, -0.05) is 25.0 Å². The van der Waals surface area contributed by atoms with Crippen molar-refractivity contribution in [3.05, 3.63) is 53.2 Å². The highest BCUT2D eigenvalue weighted by Crippen LogP contribution is 2.48. The molecule has 212 valence electrons. The van der Waals surface area contributed by atoms with Crippen LogP contribution in [0.5, 0.6) is 6.01 Å². The van der Waals surface area contributed by atoms with Crippen LogP contribution in [0.15, 0.2) is 30.5 Å². The Morgan fingerprint density at radius 3 is 2.61 bits per heavy atom. The molecule has 3 heterocycles. The number of hydrogen-bond acceptors (Lipinski definition) is 5. The van der Waals surface area contributed by atoms with Gasteiger partial charge >= 0.3 is 6.01 Å². The van der Waals surface area contributed by atoms with Crippen LogP contribution >= 0.6 is 0 Å². The first kappa shape index (κ1) is 27.3. The summed E-state index contributed by atoms with van der Waals surface area (Å²) in [5.74, 6) is 1.55. The molecule has 0 amide bonds. The fraction of sp³-hybridized carbons (Fsp3) is 0.406. The zero-order chi connectivity index (χ0) is 28.9. The summed E-state index contributed by atoms with van der Waals surface area (Å²) in [7, 11) is 0. The number of ether oxygens (including phenoxy) is 1. The lowest BCUT2D eigenvalue weighted by atomic mass is 9.94. The van der Waals surface area contributed by atoms with Gasteiger partial charge in [-0.25, -0.2) is 17.6 Å². The second-order valence-electron chi connectivity index (χ2n) is 11.2. The van der Waals surface area contributed by atoms with E-state index >= 15 is 4.39 Å². The molecule has 2 aromatic heterocycles. The number of rotatable bonds is 6. The van der Waals surface area contributed by atoms with Gasteiger partial charge in [0.2, 0.25) is 0 Å². The molecule has 1 saturated heterocycles. The highest BCUT2D eigenvalue weighted by atomic mass is 19.3. The van der Waals surface area contributed by atoms with E-state index in [1.807, 2.05) is 13.0 Å². The number of aromatic nitrogens is 3. The van der Waals surface area contributed by atoms with Crippen molar-refractivity contribution in [2.45, 2.75) is 58.8 Å². The van der Waals surface area contributed by atoms with Crippen molar-refractivity contribution in [3.63, 3.8) is 0 Å². The van der Waals surface area contributed by atoms with Gasteiger partial charge in [0.15, 0.2) is 5.82 Å². The van der Waals surface area contributed by atoms with Gasteiger partial charge in [0, 0.05) is 35.5 Å². The minimum atomic E-state index is -2.90. The Kier molecular flexibility index (Phi) is 6.75. The van der Waals surface area contributed by atoms with Crippen LogP contribution in [0.3, 0.4) is 0 Å². The number of benzene rings is 2. The standard InChI is InChI=1S/C32H30F4N4O/c1-4-7-21-24(33)9-8-20-14-19(3)15-22(25(20)21)27-26(34)28-23(16-37-27)29(40-13-6-10-32(35,36)17-40)39-30(38-28)41-18-31(5-2)11-12-31/h8-9,14-16H,5-6,10-13,17-18H2,1-3H3. The van der Waals surface area contributed by atoms with Crippen molar-refractivity contribution >= 4 is 27.5 Å². The molecular weight excluding hydrogens is 532 g/mol. The van der Waals surface area contributed by atoms with Crippen molar-refractivity contribution in [2.75, 3.05) is 24.6 Å². The van der Waals surface area contributed by atoms with Crippen molar-refractivity contribution in [1.29, 1.82) is 0 Å². The number of aryl methyl sites for hydroxylation is 1. The van der Waals surface area contributed by atoms with Gasteiger partial charge in [-0.15, -0.1) is 5.92 Å². The zero-order valence-electron chi connectivity index (χ0n) is 23.3. The number of nitrogens with zero attached hydrogens (tertiary/aromatic N) is 4. The number of fused-ring (bicyclic) bond motifs is 2. The molecule has 41 heavy (non-hydrogen) atoms. The summed E-state index contributed by atoms with van der Waals surface area (Å²) in [4.78, 5) is 14.8. The molecule has 6 rings (SSSR count). The lowest BCUT2D eigenvalue weighted by molar-refractivity contribution is -0.0118. The van der Waals surface area contributed by atoms with E-state index in [0.29, 0.717) is 29.5 Å². The van der Waals surface area contributed by atoms with Crippen molar-refractivity contribution in [1.82, 2.24) is 15.0 Å². The molecule has 4 aromatic rings.